The van der Waals surface area contributed by atoms with Crippen molar-refractivity contribution in [2.75, 3.05) is 13.2 Å². The molecule has 2 rings (SSSR count). The predicted octanol–water partition coefficient (Wildman–Crippen LogP) is 1.38. The highest BCUT2D eigenvalue weighted by molar-refractivity contribution is 7.11. The lowest BCUT2D eigenvalue weighted by molar-refractivity contribution is 0.0945. The van der Waals surface area contributed by atoms with Crippen molar-refractivity contribution in [3.8, 4) is 0 Å². The van der Waals surface area contributed by atoms with Crippen LogP contribution in [0.5, 0.6) is 0 Å². The predicted molar refractivity (Wildman–Crippen MR) is 62.7 cm³/mol. The lowest BCUT2D eigenvalue weighted by atomic mass is 10.2. The Balaban J connectivity index is 1.95. The van der Waals surface area contributed by atoms with Gasteiger partial charge < -0.3 is 10.4 Å². The van der Waals surface area contributed by atoms with Gasteiger partial charge in [-0.05, 0) is 18.8 Å². The number of thiazole rings is 1. The van der Waals surface area contributed by atoms with E-state index < -0.39 is 0 Å². The van der Waals surface area contributed by atoms with Crippen LogP contribution in [-0.4, -0.2) is 29.1 Å². The molecule has 1 aromatic heterocycles. The zero-order valence-corrected chi connectivity index (χ0v) is 10.1. The lowest BCUT2D eigenvalue weighted by Crippen LogP contribution is -2.29. The van der Waals surface area contributed by atoms with Crippen molar-refractivity contribution in [1.82, 2.24) is 10.3 Å². The van der Waals surface area contributed by atoms with Crippen LogP contribution < -0.4 is 5.32 Å². The summed E-state index contributed by atoms with van der Waals surface area (Å²) in [5.74, 6) is 0.549. The van der Waals surface area contributed by atoms with E-state index >= 15 is 0 Å². The largest absolute Gasteiger partial charge is 0.396 e. The van der Waals surface area contributed by atoms with Gasteiger partial charge in [0.15, 0.2) is 0 Å². The number of aliphatic hydroxyl groups excluding tert-OH is 1. The second kappa shape index (κ2) is 4.93. The first-order chi connectivity index (χ1) is 7.72. The normalized spacial score (nSPS) is 17.1. The molecule has 1 fully saturated rings. The van der Waals surface area contributed by atoms with Crippen molar-refractivity contribution in [2.24, 2.45) is 5.92 Å². The molecule has 0 aromatic carbocycles. The third kappa shape index (κ3) is 2.59. The van der Waals surface area contributed by atoms with Gasteiger partial charge >= 0.3 is 0 Å². The smallest absolute Gasteiger partial charge is 0.263 e. The number of aliphatic hydroxyl groups is 1. The SMILES string of the molecule is CC(CO)CNC(=O)c1scnc1C1CC1. The first kappa shape index (κ1) is 11.5. The van der Waals surface area contributed by atoms with Crippen LogP contribution in [0.15, 0.2) is 5.51 Å². The number of carbonyl (C=O) groups is 1. The van der Waals surface area contributed by atoms with Gasteiger partial charge in [0.05, 0.1) is 11.2 Å². The average Bonchev–Trinajstić information content (AvgIpc) is 3.03. The van der Waals surface area contributed by atoms with Crippen LogP contribution in [0.25, 0.3) is 0 Å². The van der Waals surface area contributed by atoms with Crippen molar-refractivity contribution in [1.29, 1.82) is 0 Å². The highest BCUT2D eigenvalue weighted by atomic mass is 32.1. The fourth-order valence-corrected chi connectivity index (χ4v) is 2.28. The summed E-state index contributed by atoms with van der Waals surface area (Å²) in [4.78, 5) is 16.9. The third-order valence-corrected chi connectivity index (χ3v) is 3.53. The van der Waals surface area contributed by atoms with Crippen LogP contribution in [0.2, 0.25) is 0 Å². The van der Waals surface area contributed by atoms with Gasteiger partial charge in [0, 0.05) is 19.1 Å². The highest BCUT2D eigenvalue weighted by Gasteiger charge is 2.30. The molecule has 1 atom stereocenters. The zero-order chi connectivity index (χ0) is 11.5. The van der Waals surface area contributed by atoms with Gasteiger partial charge in [-0.15, -0.1) is 11.3 Å². The Bertz CT molecular complexity index is 374. The van der Waals surface area contributed by atoms with Crippen LogP contribution in [0.3, 0.4) is 0 Å². The molecule has 88 valence electrons. The molecule has 0 saturated heterocycles. The van der Waals surface area contributed by atoms with Crippen molar-refractivity contribution < 1.29 is 9.90 Å². The van der Waals surface area contributed by atoms with E-state index in [9.17, 15) is 4.79 Å². The molecule has 0 bridgehead atoms. The first-order valence-electron chi connectivity index (χ1n) is 5.54. The molecule has 1 amide bonds. The molecule has 1 unspecified atom stereocenters. The molecule has 5 heteroatoms. The summed E-state index contributed by atoms with van der Waals surface area (Å²) < 4.78 is 0. The van der Waals surface area contributed by atoms with E-state index in [2.05, 4.69) is 10.3 Å². The highest BCUT2D eigenvalue weighted by Crippen LogP contribution is 2.41. The number of nitrogens with one attached hydrogen (secondary N) is 1. The quantitative estimate of drug-likeness (QED) is 0.817. The number of carbonyl (C=O) groups excluding carboxylic acids is 1. The summed E-state index contributed by atoms with van der Waals surface area (Å²) >= 11 is 1.40. The molecule has 0 spiro atoms. The van der Waals surface area contributed by atoms with Gasteiger partial charge in [-0.2, -0.15) is 0 Å². The molecule has 0 aliphatic heterocycles. The summed E-state index contributed by atoms with van der Waals surface area (Å²) in [5, 5.41) is 11.7. The maximum absolute atomic E-state index is 11.9. The van der Waals surface area contributed by atoms with E-state index in [0.29, 0.717) is 12.5 Å². The molecule has 4 nitrogen and oxygen atoms in total. The molecule has 2 N–H and O–H groups in total. The maximum atomic E-state index is 11.9. The molecule has 1 saturated carbocycles. The Morgan fingerprint density at radius 1 is 1.75 bits per heavy atom. The van der Waals surface area contributed by atoms with Crippen LogP contribution in [0.4, 0.5) is 0 Å². The summed E-state index contributed by atoms with van der Waals surface area (Å²) in [6.07, 6.45) is 2.30. The molecule has 0 radical (unpaired) electrons. The second-order valence-electron chi connectivity index (χ2n) is 4.34. The van der Waals surface area contributed by atoms with Crippen molar-refractivity contribution >= 4 is 17.2 Å². The molecular weight excluding hydrogens is 224 g/mol. The molecule has 1 aliphatic carbocycles. The van der Waals surface area contributed by atoms with E-state index in [1.165, 1.54) is 11.3 Å². The number of hydrogen-bond donors (Lipinski definition) is 2. The van der Waals surface area contributed by atoms with Crippen LogP contribution in [-0.2, 0) is 0 Å². The maximum Gasteiger partial charge on any atom is 0.263 e. The van der Waals surface area contributed by atoms with Crippen molar-refractivity contribution in [2.45, 2.75) is 25.7 Å². The number of aromatic nitrogens is 1. The molecule has 1 aliphatic rings. The van der Waals surface area contributed by atoms with Crippen LogP contribution >= 0.6 is 11.3 Å². The van der Waals surface area contributed by atoms with Crippen LogP contribution in [0.1, 0.15) is 41.0 Å². The van der Waals surface area contributed by atoms with Gasteiger partial charge in [-0.3, -0.25) is 4.79 Å². The molecule has 16 heavy (non-hydrogen) atoms. The number of nitrogens with zero attached hydrogens (tertiary/aromatic N) is 1. The minimum Gasteiger partial charge on any atom is -0.396 e. The minimum atomic E-state index is -0.0512. The van der Waals surface area contributed by atoms with Gasteiger partial charge in [-0.1, -0.05) is 6.92 Å². The second-order valence-corrected chi connectivity index (χ2v) is 5.19. The fraction of sp³-hybridized carbons (Fsp3) is 0.636. The van der Waals surface area contributed by atoms with E-state index in [4.69, 9.17) is 5.11 Å². The van der Waals surface area contributed by atoms with Gasteiger partial charge in [0.1, 0.15) is 4.88 Å². The van der Waals surface area contributed by atoms with Gasteiger partial charge in [0.25, 0.3) is 5.91 Å². The Morgan fingerprint density at radius 3 is 3.12 bits per heavy atom. The van der Waals surface area contributed by atoms with Gasteiger partial charge in [-0.25, -0.2) is 4.98 Å². The zero-order valence-electron chi connectivity index (χ0n) is 9.27. The Kier molecular flexibility index (Phi) is 3.56. The van der Waals surface area contributed by atoms with Crippen LogP contribution in [0, 0.1) is 5.92 Å². The molecule has 1 heterocycles. The summed E-state index contributed by atoms with van der Waals surface area (Å²) in [7, 11) is 0. The van der Waals surface area contributed by atoms with E-state index in [0.717, 1.165) is 23.4 Å². The third-order valence-electron chi connectivity index (χ3n) is 2.69. The molecular formula is C11H16N2O2S. The summed E-state index contributed by atoms with van der Waals surface area (Å²) in [6.45, 7) is 2.50. The van der Waals surface area contributed by atoms with Crippen molar-refractivity contribution in [3.63, 3.8) is 0 Å². The van der Waals surface area contributed by atoms with E-state index in [1.807, 2.05) is 6.92 Å². The van der Waals surface area contributed by atoms with E-state index in [1.54, 1.807) is 5.51 Å². The fourth-order valence-electron chi connectivity index (χ4n) is 1.48. The number of rotatable bonds is 5. The number of amides is 1. The Morgan fingerprint density at radius 2 is 2.50 bits per heavy atom. The lowest BCUT2D eigenvalue weighted by Gasteiger charge is -2.09. The van der Waals surface area contributed by atoms with Crippen molar-refractivity contribution in [3.05, 3.63) is 16.1 Å². The standard InChI is InChI=1S/C11H16N2O2S/c1-7(5-14)4-12-11(15)10-9(8-2-3-8)13-6-16-10/h6-8,14H,2-5H2,1H3,(H,12,15). The Hall–Kier alpha value is -0.940. The van der Waals surface area contributed by atoms with Gasteiger partial charge in [0.2, 0.25) is 0 Å². The monoisotopic (exact) mass is 240 g/mol. The average molecular weight is 240 g/mol. The minimum absolute atomic E-state index is 0.0512. The topological polar surface area (TPSA) is 62.2 Å². The summed E-state index contributed by atoms with van der Waals surface area (Å²) in [5.41, 5.74) is 2.69. The molecule has 1 aromatic rings. The summed E-state index contributed by atoms with van der Waals surface area (Å²) in [6, 6.07) is 0. The number of hydrogen-bond acceptors (Lipinski definition) is 4. The first-order valence-corrected chi connectivity index (χ1v) is 6.42. The van der Waals surface area contributed by atoms with E-state index in [-0.39, 0.29) is 18.4 Å². The Labute approximate surface area is 98.7 Å².